The SMILES string of the molecule is CCOC(=O)c1cnc2c(Cl)cc(Cl)cc2c1Nc1ccccc1C. The third kappa shape index (κ3) is 3.55. The Labute approximate surface area is 155 Å². The highest BCUT2D eigenvalue weighted by Gasteiger charge is 2.19. The van der Waals surface area contributed by atoms with E-state index < -0.39 is 5.97 Å². The van der Waals surface area contributed by atoms with E-state index in [1.54, 1.807) is 19.1 Å². The summed E-state index contributed by atoms with van der Waals surface area (Å²) in [4.78, 5) is 16.7. The lowest BCUT2D eigenvalue weighted by atomic mass is 10.1. The minimum absolute atomic E-state index is 0.275. The first-order chi connectivity index (χ1) is 12.0. The van der Waals surface area contributed by atoms with Gasteiger partial charge in [-0.25, -0.2) is 4.79 Å². The van der Waals surface area contributed by atoms with Crippen LogP contribution in [0.5, 0.6) is 0 Å². The van der Waals surface area contributed by atoms with Crippen molar-refractivity contribution in [1.82, 2.24) is 4.98 Å². The van der Waals surface area contributed by atoms with Crippen molar-refractivity contribution in [2.75, 3.05) is 11.9 Å². The standard InChI is InChI=1S/C19H16Cl2N2O2/c1-3-25-19(24)14-10-22-18-13(8-12(20)9-15(18)21)17(14)23-16-7-5-4-6-11(16)2/h4-10H,3H2,1-2H3,(H,22,23). The highest BCUT2D eigenvalue weighted by Crippen LogP contribution is 2.35. The van der Waals surface area contributed by atoms with Gasteiger partial charge in [0.05, 0.1) is 22.8 Å². The number of aromatic nitrogens is 1. The van der Waals surface area contributed by atoms with Crippen molar-refractivity contribution >= 4 is 51.4 Å². The molecule has 0 spiro atoms. The van der Waals surface area contributed by atoms with E-state index in [1.807, 2.05) is 31.2 Å². The number of carbonyl (C=O) groups excluding carboxylic acids is 1. The average molecular weight is 375 g/mol. The van der Waals surface area contributed by atoms with Crippen molar-refractivity contribution < 1.29 is 9.53 Å². The van der Waals surface area contributed by atoms with E-state index in [0.29, 0.717) is 32.2 Å². The molecule has 2 aromatic carbocycles. The molecule has 0 fully saturated rings. The molecule has 25 heavy (non-hydrogen) atoms. The molecule has 3 rings (SSSR count). The number of ether oxygens (including phenoxy) is 1. The number of nitrogens with zero attached hydrogens (tertiary/aromatic N) is 1. The molecule has 4 nitrogen and oxygen atoms in total. The van der Waals surface area contributed by atoms with Crippen LogP contribution in [0.1, 0.15) is 22.8 Å². The summed E-state index contributed by atoms with van der Waals surface area (Å²) >= 11 is 12.4. The van der Waals surface area contributed by atoms with Gasteiger partial charge < -0.3 is 10.1 Å². The van der Waals surface area contributed by atoms with Crippen LogP contribution in [0.3, 0.4) is 0 Å². The Morgan fingerprint density at radius 1 is 1.24 bits per heavy atom. The smallest absolute Gasteiger partial charge is 0.341 e. The van der Waals surface area contributed by atoms with Gasteiger partial charge in [0.15, 0.2) is 0 Å². The van der Waals surface area contributed by atoms with E-state index in [2.05, 4.69) is 10.3 Å². The Balaban J connectivity index is 2.25. The number of fused-ring (bicyclic) bond motifs is 1. The summed E-state index contributed by atoms with van der Waals surface area (Å²) in [5, 5.41) is 4.87. The average Bonchev–Trinajstić information content (AvgIpc) is 2.57. The van der Waals surface area contributed by atoms with Gasteiger partial charge in [0.2, 0.25) is 0 Å². The summed E-state index contributed by atoms with van der Waals surface area (Å²) in [7, 11) is 0. The molecular formula is C19H16Cl2N2O2. The van der Waals surface area contributed by atoms with Gasteiger partial charge in [0.1, 0.15) is 5.56 Å². The number of pyridine rings is 1. The predicted molar refractivity (Wildman–Crippen MR) is 102 cm³/mol. The number of rotatable bonds is 4. The largest absolute Gasteiger partial charge is 0.462 e. The second-order valence-electron chi connectivity index (χ2n) is 5.49. The van der Waals surface area contributed by atoms with Crippen molar-refractivity contribution in [3.63, 3.8) is 0 Å². The number of halogens is 2. The van der Waals surface area contributed by atoms with Crippen LogP contribution in [0.25, 0.3) is 10.9 Å². The molecule has 0 amide bonds. The zero-order valence-corrected chi connectivity index (χ0v) is 15.3. The molecule has 6 heteroatoms. The molecule has 0 aliphatic carbocycles. The van der Waals surface area contributed by atoms with Crippen LogP contribution in [0.15, 0.2) is 42.6 Å². The van der Waals surface area contributed by atoms with Gasteiger partial charge in [-0.15, -0.1) is 0 Å². The van der Waals surface area contributed by atoms with E-state index >= 15 is 0 Å². The molecule has 1 aromatic heterocycles. The second-order valence-corrected chi connectivity index (χ2v) is 6.33. The molecule has 0 atom stereocenters. The molecule has 0 bridgehead atoms. The lowest BCUT2D eigenvalue weighted by Gasteiger charge is -2.16. The van der Waals surface area contributed by atoms with Gasteiger partial charge in [-0.05, 0) is 37.6 Å². The second kappa shape index (κ2) is 7.30. The van der Waals surface area contributed by atoms with Crippen LogP contribution in [0.2, 0.25) is 10.0 Å². The Hall–Kier alpha value is -2.30. The van der Waals surface area contributed by atoms with Gasteiger partial charge in [0.25, 0.3) is 0 Å². The number of anilines is 2. The number of esters is 1. The molecule has 0 saturated heterocycles. The fourth-order valence-electron chi connectivity index (χ4n) is 2.57. The molecule has 1 heterocycles. The minimum Gasteiger partial charge on any atom is -0.462 e. The summed E-state index contributed by atoms with van der Waals surface area (Å²) < 4.78 is 5.16. The van der Waals surface area contributed by atoms with E-state index in [4.69, 9.17) is 27.9 Å². The van der Waals surface area contributed by atoms with Crippen LogP contribution in [-0.4, -0.2) is 17.6 Å². The number of hydrogen-bond donors (Lipinski definition) is 1. The van der Waals surface area contributed by atoms with E-state index in [9.17, 15) is 4.79 Å². The predicted octanol–water partition coefficient (Wildman–Crippen LogP) is 5.77. The number of hydrogen-bond acceptors (Lipinski definition) is 4. The fraction of sp³-hybridized carbons (Fsp3) is 0.158. The number of aryl methyl sites for hydroxylation is 1. The molecular weight excluding hydrogens is 359 g/mol. The zero-order chi connectivity index (χ0) is 18.0. The van der Waals surface area contributed by atoms with Crippen LogP contribution in [0.4, 0.5) is 11.4 Å². The number of benzene rings is 2. The minimum atomic E-state index is -0.455. The van der Waals surface area contributed by atoms with E-state index in [1.165, 1.54) is 6.20 Å². The number of carbonyl (C=O) groups is 1. The highest BCUT2D eigenvalue weighted by atomic mass is 35.5. The summed E-state index contributed by atoms with van der Waals surface area (Å²) in [5.74, 6) is -0.455. The van der Waals surface area contributed by atoms with Crippen molar-refractivity contribution in [1.29, 1.82) is 0 Å². The van der Waals surface area contributed by atoms with Crippen LogP contribution in [-0.2, 0) is 4.74 Å². The van der Waals surface area contributed by atoms with Gasteiger partial charge >= 0.3 is 5.97 Å². The Morgan fingerprint density at radius 2 is 2.00 bits per heavy atom. The quantitative estimate of drug-likeness (QED) is 0.588. The molecule has 0 aliphatic heterocycles. The maximum absolute atomic E-state index is 12.4. The number of para-hydroxylation sites is 1. The topological polar surface area (TPSA) is 51.2 Å². The van der Waals surface area contributed by atoms with Gasteiger partial charge in [-0.1, -0.05) is 41.4 Å². The fourth-order valence-corrected chi connectivity index (χ4v) is 3.11. The van der Waals surface area contributed by atoms with Gasteiger partial charge in [-0.2, -0.15) is 0 Å². The van der Waals surface area contributed by atoms with E-state index in [-0.39, 0.29) is 6.61 Å². The van der Waals surface area contributed by atoms with Gasteiger partial charge in [0, 0.05) is 22.3 Å². The lowest BCUT2D eigenvalue weighted by molar-refractivity contribution is 0.0527. The first kappa shape index (κ1) is 17.5. The van der Waals surface area contributed by atoms with Crippen molar-refractivity contribution in [3.8, 4) is 0 Å². The summed E-state index contributed by atoms with van der Waals surface area (Å²) in [5.41, 5.74) is 3.38. The maximum Gasteiger partial charge on any atom is 0.341 e. The maximum atomic E-state index is 12.4. The van der Waals surface area contributed by atoms with Gasteiger partial charge in [-0.3, -0.25) is 4.98 Å². The number of nitrogens with one attached hydrogen (secondary N) is 1. The summed E-state index contributed by atoms with van der Waals surface area (Å²) in [6.07, 6.45) is 1.47. The van der Waals surface area contributed by atoms with Crippen molar-refractivity contribution in [3.05, 3.63) is 63.8 Å². The van der Waals surface area contributed by atoms with Crippen LogP contribution >= 0.6 is 23.2 Å². The van der Waals surface area contributed by atoms with Crippen LogP contribution in [0, 0.1) is 6.92 Å². The third-order valence-electron chi connectivity index (χ3n) is 3.79. The molecule has 128 valence electrons. The third-order valence-corrected chi connectivity index (χ3v) is 4.30. The first-order valence-electron chi connectivity index (χ1n) is 7.78. The van der Waals surface area contributed by atoms with Crippen molar-refractivity contribution in [2.45, 2.75) is 13.8 Å². The lowest BCUT2D eigenvalue weighted by Crippen LogP contribution is -2.09. The van der Waals surface area contributed by atoms with E-state index in [0.717, 1.165) is 11.3 Å². The highest BCUT2D eigenvalue weighted by molar-refractivity contribution is 6.38. The molecule has 0 radical (unpaired) electrons. The molecule has 0 aliphatic rings. The monoisotopic (exact) mass is 374 g/mol. The first-order valence-corrected chi connectivity index (χ1v) is 8.54. The summed E-state index contributed by atoms with van der Waals surface area (Å²) in [6.45, 7) is 4.02. The molecule has 0 saturated carbocycles. The van der Waals surface area contributed by atoms with Crippen LogP contribution < -0.4 is 5.32 Å². The Bertz CT molecular complexity index is 958. The Kier molecular flexibility index (Phi) is 5.11. The summed E-state index contributed by atoms with van der Waals surface area (Å²) in [6, 6.07) is 11.1. The molecule has 3 aromatic rings. The normalized spacial score (nSPS) is 10.7. The van der Waals surface area contributed by atoms with Crippen molar-refractivity contribution in [2.24, 2.45) is 0 Å². The molecule has 1 N–H and O–H groups in total. The molecule has 0 unspecified atom stereocenters. The zero-order valence-electron chi connectivity index (χ0n) is 13.8. The Morgan fingerprint density at radius 3 is 2.72 bits per heavy atom.